The zero-order valence-electron chi connectivity index (χ0n) is 11.8. The van der Waals surface area contributed by atoms with E-state index in [2.05, 4.69) is 15.5 Å². The summed E-state index contributed by atoms with van der Waals surface area (Å²) < 4.78 is 4.96. The van der Waals surface area contributed by atoms with Crippen LogP contribution in [0.5, 0.6) is 0 Å². The quantitative estimate of drug-likeness (QED) is 0.866. The van der Waals surface area contributed by atoms with E-state index >= 15 is 0 Å². The summed E-state index contributed by atoms with van der Waals surface area (Å²) in [6.07, 6.45) is 2.23. The Morgan fingerprint density at radius 2 is 2.14 bits per heavy atom. The molecular formula is C15H15N3O3. The third-order valence-corrected chi connectivity index (χ3v) is 3.63. The van der Waals surface area contributed by atoms with E-state index in [-0.39, 0.29) is 5.91 Å². The molecule has 21 heavy (non-hydrogen) atoms. The fraction of sp³-hybridized carbons (Fsp3) is 0.333. The molecule has 1 heterocycles. The third-order valence-electron chi connectivity index (χ3n) is 3.63. The topological polar surface area (TPSA) is 85.1 Å². The highest BCUT2D eigenvalue weighted by Gasteiger charge is 2.44. The van der Waals surface area contributed by atoms with Crippen molar-refractivity contribution in [2.45, 2.75) is 32.2 Å². The fourth-order valence-electron chi connectivity index (χ4n) is 2.17. The van der Waals surface area contributed by atoms with Gasteiger partial charge in [0.25, 0.3) is 5.91 Å². The average Bonchev–Trinajstić information content (AvgIpc) is 3.11. The molecule has 0 unspecified atom stereocenters. The molecule has 0 bridgehead atoms. The summed E-state index contributed by atoms with van der Waals surface area (Å²) in [4.78, 5) is 27.2. The molecule has 6 heteroatoms. The molecule has 0 radical (unpaired) electrons. The summed E-state index contributed by atoms with van der Waals surface area (Å²) >= 11 is 0. The van der Waals surface area contributed by atoms with Gasteiger partial charge in [-0.05, 0) is 37.5 Å². The number of hydrogen-bond donors (Lipinski definition) is 1. The molecular weight excluding hydrogens is 270 g/mol. The molecule has 0 spiro atoms. The van der Waals surface area contributed by atoms with Gasteiger partial charge in [-0.25, -0.2) is 0 Å². The number of rotatable bonds is 4. The van der Waals surface area contributed by atoms with Gasteiger partial charge < -0.3 is 14.6 Å². The predicted octanol–water partition coefficient (Wildman–Crippen LogP) is 1.81. The normalized spacial score (nSPS) is 15.5. The zero-order chi connectivity index (χ0) is 15.0. The number of carbonyl (C=O) groups excluding carboxylic acids is 2. The third kappa shape index (κ3) is 2.56. The second kappa shape index (κ2) is 4.80. The smallest absolute Gasteiger partial charge is 0.252 e. The number of aryl methyl sites for hydroxylation is 2. The maximum Gasteiger partial charge on any atom is 0.252 e. The van der Waals surface area contributed by atoms with Crippen LogP contribution in [0.25, 0.3) is 11.4 Å². The molecule has 6 nitrogen and oxygen atoms in total. The Bertz CT molecular complexity index is 717. The van der Waals surface area contributed by atoms with Crippen LogP contribution < -0.4 is 5.32 Å². The predicted molar refractivity (Wildman–Crippen MR) is 74.7 cm³/mol. The van der Waals surface area contributed by atoms with Crippen LogP contribution in [0.4, 0.5) is 0 Å². The molecule has 2 aromatic rings. The molecule has 1 aromatic heterocycles. The minimum atomic E-state index is -0.644. The number of amides is 1. The van der Waals surface area contributed by atoms with Gasteiger partial charge >= 0.3 is 0 Å². The largest absolute Gasteiger partial charge is 0.340 e. The van der Waals surface area contributed by atoms with E-state index in [1.54, 1.807) is 25.1 Å². The molecule has 3 rings (SSSR count). The van der Waals surface area contributed by atoms with Gasteiger partial charge in [-0.3, -0.25) is 4.79 Å². The Morgan fingerprint density at radius 1 is 1.38 bits per heavy atom. The Kier molecular flexibility index (Phi) is 3.08. The SMILES string of the molecule is Cc1nc(-c2ccc(C(=O)NC3(C=O)CC3)cc2C)no1. The summed E-state index contributed by atoms with van der Waals surface area (Å²) in [6, 6.07) is 5.25. The monoisotopic (exact) mass is 285 g/mol. The lowest BCUT2D eigenvalue weighted by Crippen LogP contribution is -2.38. The lowest BCUT2D eigenvalue weighted by atomic mass is 10.0. The number of nitrogens with one attached hydrogen (secondary N) is 1. The van der Waals surface area contributed by atoms with E-state index in [0.29, 0.717) is 30.1 Å². The number of aromatic nitrogens is 2. The zero-order valence-corrected chi connectivity index (χ0v) is 11.8. The minimum absolute atomic E-state index is 0.237. The van der Waals surface area contributed by atoms with E-state index in [9.17, 15) is 9.59 Å². The summed E-state index contributed by atoms with van der Waals surface area (Å²) in [5.41, 5.74) is 1.57. The summed E-state index contributed by atoms with van der Waals surface area (Å²) in [5, 5.41) is 6.64. The van der Waals surface area contributed by atoms with Crippen molar-refractivity contribution in [2.24, 2.45) is 0 Å². The van der Waals surface area contributed by atoms with E-state index in [4.69, 9.17) is 4.52 Å². The van der Waals surface area contributed by atoms with Crippen molar-refractivity contribution in [1.29, 1.82) is 0 Å². The molecule has 1 aliphatic rings. The van der Waals surface area contributed by atoms with Crippen LogP contribution in [-0.4, -0.2) is 27.9 Å². The van der Waals surface area contributed by atoms with Gasteiger partial charge in [0.1, 0.15) is 6.29 Å². The van der Waals surface area contributed by atoms with E-state index in [0.717, 1.165) is 17.4 Å². The van der Waals surface area contributed by atoms with Crippen molar-refractivity contribution in [3.05, 3.63) is 35.2 Å². The highest BCUT2D eigenvalue weighted by Crippen LogP contribution is 2.33. The first-order valence-electron chi connectivity index (χ1n) is 6.73. The van der Waals surface area contributed by atoms with E-state index in [1.807, 2.05) is 6.92 Å². The molecule has 1 aliphatic carbocycles. The molecule has 1 N–H and O–H groups in total. The van der Waals surface area contributed by atoms with Crippen molar-refractivity contribution in [2.75, 3.05) is 0 Å². The molecule has 1 fully saturated rings. The molecule has 1 amide bonds. The maximum atomic E-state index is 12.1. The van der Waals surface area contributed by atoms with Gasteiger partial charge in [0.2, 0.25) is 11.7 Å². The van der Waals surface area contributed by atoms with Crippen molar-refractivity contribution in [3.63, 3.8) is 0 Å². The summed E-state index contributed by atoms with van der Waals surface area (Å²) in [7, 11) is 0. The van der Waals surface area contributed by atoms with Crippen LogP contribution in [0, 0.1) is 13.8 Å². The lowest BCUT2D eigenvalue weighted by Gasteiger charge is -2.11. The van der Waals surface area contributed by atoms with Crippen LogP contribution in [0.2, 0.25) is 0 Å². The van der Waals surface area contributed by atoms with E-state index < -0.39 is 5.54 Å². The standard InChI is InChI=1S/C15H15N3O3/c1-9-7-11(14(20)17-15(8-19)5-6-15)3-4-12(9)13-16-10(2)21-18-13/h3-4,7-8H,5-6H2,1-2H3,(H,17,20). The Labute approximate surface area is 121 Å². The molecule has 108 valence electrons. The number of carbonyl (C=O) groups is 2. The van der Waals surface area contributed by atoms with Crippen LogP contribution >= 0.6 is 0 Å². The van der Waals surface area contributed by atoms with Crippen LogP contribution in [0.15, 0.2) is 22.7 Å². The first-order chi connectivity index (χ1) is 10.0. The lowest BCUT2D eigenvalue weighted by molar-refractivity contribution is -0.110. The Hall–Kier alpha value is -2.50. The summed E-state index contributed by atoms with van der Waals surface area (Å²) in [5.74, 6) is 0.759. The van der Waals surface area contributed by atoms with Crippen molar-refractivity contribution < 1.29 is 14.1 Å². The summed E-state index contributed by atoms with van der Waals surface area (Å²) in [6.45, 7) is 3.60. The first-order valence-corrected chi connectivity index (χ1v) is 6.73. The van der Waals surface area contributed by atoms with Gasteiger partial charge in [-0.15, -0.1) is 0 Å². The molecule has 1 saturated carbocycles. The van der Waals surface area contributed by atoms with Gasteiger partial charge in [0, 0.05) is 18.1 Å². The Morgan fingerprint density at radius 3 is 2.67 bits per heavy atom. The molecule has 0 saturated heterocycles. The van der Waals surface area contributed by atoms with Gasteiger partial charge in [-0.1, -0.05) is 11.2 Å². The fourth-order valence-corrected chi connectivity index (χ4v) is 2.17. The molecule has 0 atom stereocenters. The molecule has 0 aliphatic heterocycles. The average molecular weight is 285 g/mol. The van der Waals surface area contributed by atoms with Crippen molar-refractivity contribution >= 4 is 12.2 Å². The van der Waals surface area contributed by atoms with Crippen LogP contribution in [0.3, 0.4) is 0 Å². The van der Waals surface area contributed by atoms with E-state index in [1.165, 1.54) is 0 Å². The highest BCUT2D eigenvalue weighted by atomic mass is 16.5. The van der Waals surface area contributed by atoms with Gasteiger partial charge in [-0.2, -0.15) is 4.98 Å². The first kappa shape index (κ1) is 13.5. The minimum Gasteiger partial charge on any atom is -0.340 e. The maximum absolute atomic E-state index is 12.1. The number of nitrogens with zero attached hydrogens (tertiary/aromatic N) is 2. The Balaban J connectivity index is 1.84. The molecule has 1 aromatic carbocycles. The second-order valence-corrected chi connectivity index (χ2v) is 5.39. The van der Waals surface area contributed by atoms with Crippen LogP contribution in [0.1, 0.15) is 34.7 Å². The number of benzene rings is 1. The van der Waals surface area contributed by atoms with Crippen molar-refractivity contribution in [1.82, 2.24) is 15.5 Å². The van der Waals surface area contributed by atoms with Gasteiger partial charge in [0.15, 0.2) is 0 Å². The van der Waals surface area contributed by atoms with Crippen molar-refractivity contribution in [3.8, 4) is 11.4 Å². The van der Waals surface area contributed by atoms with Crippen LogP contribution in [-0.2, 0) is 4.79 Å². The highest BCUT2D eigenvalue weighted by molar-refractivity contribution is 5.97. The number of hydrogen-bond acceptors (Lipinski definition) is 5. The second-order valence-electron chi connectivity index (χ2n) is 5.39. The number of aldehydes is 1. The van der Waals surface area contributed by atoms with Gasteiger partial charge in [0.05, 0.1) is 5.54 Å².